The summed E-state index contributed by atoms with van der Waals surface area (Å²) in [7, 11) is 0. The monoisotopic (exact) mass is 405 g/mol. The van der Waals surface area contributed by atoms with Gasteiger partial charge in [-0.05, 0) is 36.4 Å². The van der Waals surface area contributed by atoms with Crippen LogP contribution in [-0.2, 0) is 11.3 Å². The molecule has 0 amide bonds. The summed E-state index contributed by atoms with van der Waals surface area (Å²) < 4.78 is 21.7. The minimum atomic E-state index is -0.601. The Balaban J connectivity index is 1.38. The lowest BCUT2D eigenvalue weighted by Crippen LogP contribution is -2.18. The molecule has 0 radical (unpaired) electrons. The van der Waals surface area contributed by atoms with Gasteiger partial charge in [-0.1, -0.05) is 30.0 Å². The van der Waals surface area contributed by atoms with E-state index in [4.69, 9.17) is 4.74 Å². The highest BCUT2D eigenvalue weighted by Gasteiger charge is 2.31. The Kier molecular flexibility index (Phi) is 5.87. The van der Waals surface area contributed by atoms with Crippen LogP contribution in [0.1, 0.15) is 23.8 Å². The molecule has 27 heavy (non-hydrogen) atoms. The van der Waals surface area contributed by atoms with E-state index >= 15 is 0 Å². The first-order valence-corrected chi connectivity index (χ1v) is 10.7. The standard InChI is InChI=1S/C19H20FN3O2S2/c20-17-6-2-1-5-16(17)18-21-22-19(23(18)13-7-8-13)27-12-14(24)10-25-11-15-4-3-9-26-15/h1-6,9,13-14,24H,7-8,10-12H2/t14-/m0/s1. The molecule has 0 bridgehead atoms. The summed E-state index contributed by atoms with van der Waals surface area (Å²) >= 11 is 3.07. The van der Waals surface area contributed by atoms with Crippen LogP contribution >= 0.6 is 23.1 Å². The fourth-order valence-corrected chi connectivity index (χ4v) is 4.32. The number of aliphatic hydroxyl groups is 1. The number of ether oxygens (including phenoxy) is 1. The van der Waals surface area contributed by atoms with Gasteiger partial charge in [0.25, 0.3) is 0 Å². The molecule has 0 aliphatic heterocycles. The molecule has 142 valence electrons. The van der Waals surface area contributed by atoms with Gasteiger partial charge in [-0.25, -0.2) is 4.39 Å². The van der Waals surface area contributed by atoms with Crippen molar-refractivity contribution >= 4 is 23.1 Å². The highest BCUT2D eigenvalue weighted by atomic mass is 32.2. The number of aliphatic hydroxyl groups excluding tert-OH is 1. The predicted octanol–water partition coefficient (Wildman–Crippen LogP) is 4.15. The summed E-state index contributed by atoms with van der Waals surface area (Å²) in [6, 6.07) is 10.9. The third kappa shape index (κ3) is 4.57. The van der Waals surface area contributed by atoms with Crippen molar-refractivity contribution < 1.29 is 14.2 Å². The number of benzene rings is 1. The number of hydrogen-bond donors (Lipinski definition) is 1. The molecule has 8 heteroatoms. The van der Waals surface area contributed by atoms with Crippen molar-refractivity contribution in [3.8, 4) is 11.4 Å². The van der Waals surface area contributed by atoms with Crippen molar-refractivity contribution in [3.63, 3.8) is 0 Å². The topological polar surface area (TPSA) is 60.2 Å². The van der Waals surface area contributed by atoms with Crippen molar-refractivity contribution in [3.05, 3.63) is 52.5 Å². The van der Waals surface area contributed by atoms with Gasteiger partial charge < -0.3 is 9.84 Å². The van der Waals surface area contributed by atoms with E-state index in [1.165, 1.54) is 17.8 Å². The highest BCUT2D eigenvalue weighted by molar-refractivity contribution is 7.99. The Morgan fingerprint density at radius 3 is 2.85 bits per heavy atom. The zero-order valence-electron chi connectivity index (χ0n) is 14.6. The summed E-state index contributed by atoms with van der Waals surface area (Å²) in [4.78, 5) is 1.14. The fraction of sp³-hybridized carbons (Fsp3) is 0.368. The minimum absolute atomic E-state index is 0.267. The Labute approximate surface area is 165 Å². The third-order valence-electron chi connectivity index (χ3n) is 4.23. The second kappa shape index (κ2) is 8.52. The van der Waals surface area contributed by atoms with Crippen LogP contribution in [0, 0.1) is 5.82 Å². The van der Waals surface area contributed by atoms with E-state index in [0.717, 1.165) is 17.7 Å². The number of aromatic nitrogens is 3. The van der Waals surface area contributed by atoms with Gasteiger partial charge in [0.15, 0.2) is 11.0 Å². The van der Waals surface area contributed by atoms with E-state index in [1.807, 2.05) is 22.1 Å². The van der Waals surface area contributed by atoms with E-state index in [2.05, 4.69) is 10.2 Å². The van der Waals surface area contributed by atoms with Crippen LogP contribution in [0.3, 0.4) is 0 Å². The smallest absolute Gasteiger partial charge is 0.191 e. The molecule has 1 aromatic carbocycles. The molecule has 2 aromatic heterocycles. The summed E-state index contributed by atoms with van der Waals surface area (Å²) in [5, 5.41) is 21.4. The first-order valence-electron chi connectivity index (χ1n) is 8.83. The summed E-state index contributed by atoms with van der Waals surface area (Å²) in [6.45, 7) is 0.776. The van der Waals surface area contributed by atoms with E-state index in [0.29, 0.717) is 34.9 Å². The van der Waals surface area contributed by atoms with Gasteiger partial charge in [0.1, 0.15) is 5.82 Å². The van der Waals surface area contributed by atoms with Crippen LogP contribution in [0.5, 0.6) is 0 Å². The zero-order chi connectivity index (χ0) is 18.6. The predicted molar refractivity (Wildman–Crippen MR) is 104 cm³/mol. The molecule has 1 fully saturated rings. The van der Waals surface area contributed by atoms with Crippen LogP contribution in [0.2, 0.25) is 0 Å². The van der Waals surface area contributed by atoms with Crippen LogP contribution in [0.4, 0.5) is 4.39 Å². The normalized spacial score (nSPS) is 15.2. The highest BCUT2D eigenvalue weighted by Crippen LogP contribution is 2.41. The van der Waals surface area contributed by atoms with Gasteiger partial charge in [0.05, 0.1) is 24.9 Å². The Morgan fingerprint density at radius 1 is 1.26 bits per heavy atom. The van der Waals surface area contributed by atoms with Crippen LogP contribution < -0.4 is 0 Å². The molecule has 1 atom stereocenters. The quantitative estimate of drug-likeness (QED) is 0.542. The van der Waals surface area contributed by atoms with Crippen molar-refractivity contribution in [1.82, 2.24) is 14.8 Å². The molecule has 1 saturated carbocycles. The van der Waals surface area contributed by atoms with E-state index < -0.39 is 6.10 Å². The number of hydrogen-bond acceptors (Lipinski definition) is 6. The molecule has 1 aliphatic carbocycles. The number of thiophene rings is 1. The lowest BCUT2D eigenvalue weighted by molar-refractivity contribution is 0.0408. The van der Waals surface area contributed by atoms with Crippen LogP contribution in [0.15, 0.2) is 46.9 Å². The minimum Gasteiger partial charge on any atom is -0.390 e. The molecule has 5 nitrogen and oxygen atoms in total. The Hall–Kier alpha value is -1.74. The molecule has 0 spiro atoms. The lowest BCUT2D eigenvalue weighted by atomic mass is 10.2. The third-order valence-corrected chi connectivity index (χ3v) is 6.17. The second-order valence-electron chi connectivity index (χ2n) is 6.45. The van der Waals surface area contributed by atoms with Gasteiger partial charge in [-0.2, -0.15) is 0 Å². The number of rotatable bonds is 9. The van der Waals surface area contributed by atoms with Crippen LogP contribution in [0.25, 0.3) is 11.4 Å². The molecule has 1 N–H and O–H groups in total. The van der Waals surface area contributed by atoms with E-state index in [1.54, 1.807) is 29.5 Å². The molecule has 0 unspecified atom stereocenters. The Bertz CT molecular complexity index is 881. The van der Waals surface area contributed by atoms with Crippen molar-refractivity contribution in [2.75, 3.05) is 12.4 Å². The summed E-state index contributed by atoms with van der Waals surface area (Å²) in [5.41, 5.74) is 0.462. The largest absolute Gasteiger partial charge is 0.390 e. The molecule has 0 saturated heterocycles. The van der Waals surface area contributed by atoms with Gasteiger partial charge in [-0.15, -0.1) is 21.5 Å². The maximum Gasteiger partial charge on any atom is 0.191 e. The van der Waals surface area contributed by atoms with E-state index in [-0.39, 0.29) is 12.4 Å². The summed E-state index contributed by atoms with van der Waals surface area (Å²) in [5.74, 6) is 0.707. The molecular weight excluding hydrogens is 385 g/mol. The average molecular weight is 406 g/mol. The zero-order valence-corrected chi connectivity index (χ0v) is 16.3. The molecular formula is C19H20FN3O2S2. The van der Waals surface area contributed by atoms with Gasteiger partial charge in [-0.3, -0.25) is 4.57 Å². The number of halogens is 1. The molecule has 3 aromatic rings. The average Bonchev–Trinajstić information content (AvgIpc) is 3.20. The number of thioether (sulfide) groups is 1. The van der Waals surface area contributed by atoms with Crippen molar-refractivity contribution in [1.29, 1.82) is 0 Å². The van der Waals surface area contributed by atoms with Gasteiger partial charge >= 0.3 is 0 Å². The van der Waals surface area contributed by atoms with Crippen molar-refractivity contribution in [2.45, 2.75) is 36.8 Å². The SMILES string of the molecule is O[C@@H](COCc1cccs1)CSc1nnc(-c2ccccc2F)n1C1CC1. The second-order valence-corrected chi connectivity index (χ2v) is 8.47. The van der Waals surface area contributed by atoms with Crippen LogP contribution in [-0.4, -0.2) is 38.3 Å². The molecule has 4 rings (SSSR count). The first-order chi connectivity index (χ1) is 13.2. The fourth-order valence-electron chi connectivity index (χ4n) is 2.77. The maximum absolute atomic E-state index is 14.2. The van der Waals surface area contributed by atoms with Crippen molar-refractivity contribution in [2.24, 2.45) is 0 Å². The van der Waals surface area contributed by atoms with E-state index in [9.17, 15) is 9.50 Å². The first kappa shape index (κ1) is 18.6. The summed E-state index contributed by atoms with van der Waals surface area (Å²) in [6.07, 6.45) is 1.48. The molecule has 2 heterocycles. The van der Waals surface area contributed by atoms with Gasteiger partial charge in [0.2, 0.25) is 0 Å². The lowest BCUT2D eigenvalue weighted by Gasteiger charge is -2.12. The number of nitrogens with zero attached hydrogens (tertiary/aromatic N) is 3. The molecule has 1 aliphatic rings. The van der Waals surface area contributed by atoms with Gasteiger partial charge in [0, 0.05) is 16.7 Å². The maximum atomic E-state index is 14.2. The Morgan fingerprint density at radius 2 is 2.11 bits per heavy atom.